The topological polar surface area (TPSA) is 40.5 Å². The van der Waals surface area contributed by atoms with Gasteiger partial charge in [-0.05, 0) is 41.8 Å². The molecule has 3 nitrogen and oxygen atoms in total. The third kappa shape index (κ3) is 2.94. The van der Waals surface area contributed by atoms with E-state index in [-0.39, 0.29) is 18.4 Å². The molecule has 0 radical (unpaired) electrons. The van der Waals surface area contributed by atoms with Crippen LogP contribution in [0.2, 0.25) is 0 Å². The first-order valence-electron chi connectivity index (χ1n) is 6.68. The van der Waals surface area contributed by atoms with Crippen molar-refractivity contribution in [2.45, 2.75) is 25.4 Å². The Morgan fingerprint density at radius 3 is 2.70 bits per heavy atom. The number of carboxylic acid groups (broad SMARTS) is 1. The fourth-order valence-corrected chi connectivity index (χ4v) is 2.87. The van der Waals surface area contributed by atoms with Crippen LogP contribution in [0.5, 0.6) is 0 Å². The Hall–Kier alpha value is -1.58. The molecule has 20 heavy (non-hydrogen) atoms. The first-order chi connectivity index (χ1) is 9.24. The summed E-state index contributed by atoms with van der Waals surface area (Å²) in [4.78, 5) is 13.2. The molecule has 0 spiro atoms. The van der Waals surface area contributed by atoms with Crippen molar-refractivity contribution in [3.05, 3.63) is 48.0 Å². The highest BCUT2D eigenvalue weighted by atomic mass is 35.5. The van der Waals surface area contributed by atoms with Gasteiger partial charge in [0, 0.05) is 6.54 Å². The Balaban J connectivity index is 0.00000147. The van der Waals surface area contributed by atoms with Crippen molar-refractivity contribution in [1.29, 1.82) is 0 Å². The van der Waals surface area contributed by atoms with Crippen molar-refractivity contribution < 1.29 is 9.90 Å². The summed E-state index contributed by atoms with van der Waals surface area (Å²) in [5.41, 5.74) is 1.19. The van der Waals surface area contributed by atoms with Crippen LogP contribution in [0.15, 0.2) is 42.5 Å². The Kier molecular flexibility index (Phi) is 4.63. The van der Waals surface area contributed by atoms with Crippen molar-refractivity contribution in [2.24, 2.45) is 0 Å². The Bertz CT molecular complexity index is 614. The van der Waals surface area contributed by atoms with Crippen molar-refractivity contribution in [2.75, 3.05) is 6.54 Å². The molecule has 1 N–H and O–H groups in total. The summed E-state index contributed by atoms with van der Waals surface area (Å²) in [5.74, 6) is -0.696. The van der Waals surface area contributed by atoms with Crippen LogP contribution < -0.4 is 0 Å². The van der Waals surface area contributed by atoms with Crippen LogP contribution in [0, 0.1) is 0 Å². The molecule has 1 fully saturated rings. The van der Waals surface area contributed by atoms with Gasteiger partial charge in [-0.15, -0.1) is 12.4 Å². The number of carbonyl (C=O) groups is 1. The van der Waals surface area contributed by atoms with Gasteiger partial charge in [0.05, 0.1) is 0 Å². The molecule has 1 atom stereocenters. The van der Waals surface area contributed by atoms with Gasteiger partial charge in [-0.25, -0.2) is 0 Å². The second-order valence-electron chi connectivity index (χ2n) is 5.15. The number of rotatable bonds is 3. The summed E-state index contributed by atoms with van der Waals surface area (Å²) >= 11 is 0. The van der Waals surface area contributed by atoms with Gasteiger partial charge < -0.3 is 5.11 Å². The van der Waals surface area contributed by atoms with Crippen molar-refractivity contribution in [3.63, 3.8) is 0 Å². The van der Waals surface area contributed by atoms with E-state index in [1.165, 1.54) is 16.3 Å². The van der Waals surface area contributed by atoms with Crippen LogP contribution in [0.25, 0.3) is 10.8 Å². The molecule has 0 saturated carbocycles. The van der Waals surface area contributed by atoms with E-state index < -0.39 is 5.97 Å². The van der Waals surface area contributed by atoms with Crippen LogP contribution in [-0.2, 0) is 11.3 Å². The number of carboxylic acids is 1. The average molecular weight is 292 g/mol. The molecule has 1 aliphatic heterocycles. The number of aliphatic carboxylic acids is 1. The SMILES string of the molecule is Cl.O=C(O)[C@@H]1CCCN1Cc1ccc2ccccc2c1. The normalized spacial score (nSPS) is 18.9. The molecule has 0 aromatic heterocycles. The second-order valence-corrected chi connectivity index (χ2v) is 5.15. The smallest absolute Gasteiger partial charge is 0.320 e. The number of benzene rings is 2. The minimum atomic E-state index is -0.696. The number of halogens is 1. The third-order valence-electron chi connectivity index (χ3n) is 3.85. The van der Waals surface area contributed by atoms with Crippen molar-refractivity contribution in [3.8, 4) is 0 Å². The average Bonchev–Trinajstić information content (AvgIpc) is 2.87. The van der Waals surface area contributed by atoms with Gasteiger partial charge in [-0.2, -0.15) is 0 Å². The molecule has 1 saturated heterocycles. The van der Waals surface area contributed by atoms with Gasteiger partial charge in [0.2, 0.25) is 0 Å². The van der Waals surface area contributed by atoms with E-state index in [0.717, 1.165) is 25.9 Å². The van der Waals surface area contributed by atoms with Crippen molar-refractivity contribution in [1.82, 2.24) is 4.90 Å². The summed E-state index contributed by atoms with van der Waals surface area (Å²) in [5, 5.41) is 11.6. The number of nitrogens with zero attached hydrogens (tertiary/aromatic N) is 1. The molecule has 2 aromatic carbocycles. The van der Waals surface area contributed by atoms with Crippen LogP contribution >= 0.6 is 12.4 Å². The maximum Gasteiger partial charge on any atom is 0.320 e. The molecule has 0 aliphatic carbocycles. The largest absolute Gasteiger partial charge is 0.480 e. The maximum absolute atomic E-state index is 11.2. The van der Waals surface area contributed by atoms with Gasteiger partial charge in [0.1, 0.15) is 6.04 Å². The summed E-state index contributed by atoms with van der Waals surface area (Å²) in [6.45, 7) is 1.60. The summed E-state index contributed by atoms with van der Waals surface area (Å²) in [7, 11) is 0. The zero-order valence-electron chi connectivity index (χ0n) is 11.2. The molecule has 4 heteroatoms. The highest BCUT2D eigenvalue weighted by Gasteiger charge is 2.30. The molecule has 1 heterocycles. The monoisotopic (exact) mass is 291 g/mol. The fraction of sp³-hybridized carbons (Fsp3) is 0.312. The summed E-state index contributed by atoms with van der Waals surface area (Å²) in [6.07, 6.45) is 1.74. The number of likely N-dealkylation sites (tertiary alicyclic amines) is 1. The lowest BCUT2D eigenvalue weighted by Gasteiger charge is -2.21. The lowest BCUT2D eigenvalue weighted by atomic mass is 10.1. The molecular formula is C16H18ClNO2. The summed E-state index contributed by atoms with van der Waals surface area (Å²) < 4.78 is 0. The molecule has 2 aromatic rings. The molecule has 0 amide bonds. The molecule has 3 rings (SSSR count). The molecular weight excluding hydrogens is 274 g/mol. The Morgan fingerprint density at radius 1 is 1.20 bits per heavy atom. The number of hydrogen-bond acceptors (Lipinski definition) is 2. The Morgan fingerprint density at radius 2 is 1.95 bits per heavy atom. The van der Waals surface area contributed by atoms with E-state index in [4.69, 9.17) is 0 Å². The minimum Gasteiger partial charge on any atom is -0.480 e. The standard InChI is InChI=1S/C16H17NO2.ClH/c18-16(19)15-6-3-9-17(15)11-12-7-8-13-4-1-2-5-14(13)10-12;/h1-2,4-5,7-8,10,15H,3,6,9,11H2,(H,18,19);1H/t15-;/m0./s1. The minimum absolute atomic E-state index is 0. The predicted octanol–water partition coefficient (Wildman–Crippen LogP) is 3.31. The zero-order chi connectivity index (χ0) is 13.2. The van der Waals surface area contributed by atoms with E-state index in [1.54, 1.807) is 0 Å². The lowest BCUT2D eigenvalue weighted by molar-refractivity contribution is -0.142. The number of fused-ring (bicyclic) bond motifs is 1. The van der Waals surface area contributed by atoms with Gasteiger partial charge in [0.15, 0.2) is 0 Å². The van der Waals surface area contributed by atoms with Crippen molar-refractivity contribution >= 4 is 29.1 Å². The second kappa shape index (κ2) is 6.25. The van der Waals surface area contributed by atoms with Gasteiger partial charge in [-0.3, -0.25) is 9.69 Å². The zero-order valence-corrected chi connectivity index (χ0v) is 12.0. The molecule has 106 valence electrons. The van der Waals surface area contributed by atoms with Gasteiger partial charge in [-0.1, -0.05) is 36.4 Å². The van der Waals surface area contributed by atoms with E-state index in [0.29, 0.717) is 0 Å². The Labute approximate surface area is 124 Å². The van der Waals surface area contributed by atoms with E-state index in [2.05, 4.69) is 35.2 Å². The fourth-order valence-electron chi connectivity index (χ4n) is 2.87. The molecule has 0 bridgehead atoms. The van der Waals surface area contributed by atoms with Crippen LogP contribution in [0.1, 0.15) is 18.4 Å². The third-order valence-corrected chi connectivity index (χ3v) is 3.85. The van der Waals surface area contributed by atoms with E-state index in [9.17, 15) is 9.90 Å². The summed E-state index contributed by atoms with van der Waals surface area (Å²) in [6, 6.07) is 14.3. The molecule has 0 unspecified atom stereocenters. The highest BCUT2D eigenvalue weighted by Crippen LogP contribution is 2.22. The van der Waals surface area contributed by atoms with E-state index in [1.807, 2.05) is 12.1 Å². The van der Waals surface area contributed by atoms with Gasteiger partial charge >= 0.3 is 5.97 Å². The quantitative estimate of drug-likeness (QED) is 0.943. The van der Waals surface area contributed by atoms with E-state index >= 15 is 0 Å². The first-order valence-corrected chi connectivity index (χ1v) is 6.68. The maximum atomic E-state index is 11.2. The highest BCUT2D eigenvalue weighted by molar-refractivity contribution is 5.85. The number of hydrogen-bond donors (Lipinski definition) is 1. The first kappa shape index (κ1) is 14.8. The van der Waals surface area contributed by atoms with Crippen LogP contribution in [-0.4, -0.2) is 28.6 Å². The molecule has 1 aliphatic rings. The van der Waals surface area contributed by atoms with Gasteiger partial charge in [0.25, 0.3) is 0 Å². The van der Waals surface area contributed by atoms with Crippen LogP contribution in [0.3, 0.4) is 0 Å². The lowest BCUT2D eigenvalue weighted by Crippen LogP contribution is -2.35. The predicted molar refractivity (Wildman–Crippen MR) is 82.3 cm³/mol. The van der Waals surface area contributed by atoms with Crippen LogP contribution in [0.4, 0.5) is 0 Å².